The number of hydrogen-bond acceptors (Lipinski definition) is 6. The van der Waals surface area contributed by atoms with E-state index >= 15 is 0 Å². The Kier molecular flexibility index (Phi) is 5.81. The van der Waals surface area contributed by atoms with Crippen LogP contribution in [0.1, 0.15) is 34.3 Å². The lowest BCUT2D eigenvalue weighted by molar-refractivity contribution is -0.137. The summed E-state index contributed by atoms with van der Waals surface area (Å²) in [6.45, 7) is 2.02. The molecule has 178 valence electrons. The highest BCUT2D eigenvalue weighted by atomic mass is 35.5. The van der Waals surface area contributed by atoms with Crippen molar-refractivity contribution in [3.8, 4) is 11.3 Å². The van der Waals surface area contributed by atoms with Gasteiger partial charge < -0.3 is 10.2 Å². The van der Waals surface area contributed by atoms with Crippen LogP contribution in [0.25, 0.3) is 11.3 Å². The van der Waals surface area contributed by atoms with Gasteiger partial charge in [0.1, 0.15) is 18.3 Å². The number of nitrogens with one attached hydrogen (secondary N) is 2. The van der Waals surface area contributed by atoms with E-state index in [4.69, 9.17) is 11.6 Å². The number of nitrogens with zero attached hydrogens (tertiary/aromatic N) is 4. The Bertz CT molecular complexity index is 1380. The summed E-state index contributed by atoms with van der Waals surface area (Å²) in [4.78, 5) is 50.9. The highest BCUT2D eigenvalue weighted by molar-refractivity contribution is 6.30. The average Bonchev–Trinajstić information content (AvgIpc) is 3.41. The molecule has 2 N–H and O–H groups in total. The van der Waals surface area contributed by atoms with Gasteiger partial charge in [-0.25, -0.2) is 4.68 Å². The van der Waals surface area contributed by atoms with Crippen LogP contribution in [0, 0.1) is 6.92 Å². The summed E-state index contributed by atoms with van der Waals surface area (Å²) in [5.74, 6) is -1.47. The number of amides is 4. The monoisotopic (exact) mass is 492 g/mol. The summed E-state index contributed by atoms with van der Waals surface area (Å²) in [5, 5.41) is 13.9. The molecule has 0 bridgehead atoms. The minimum atomic E-state index is -0.723. The molecule has 0 saturated carbocycles. The summed E-state index contributed by atoms with van der Waals surface area (Å²) in [7, 11) is 0. The van der Waals surface area contributed by atoms with Gasteiger partial charge in [-0.1, -0.05) is 28.9 Å². The quantitative estimate of drug-likeness (QED) is 0.526. The Balaban J connectivity index is 1.30. The van der Waals surface area contributed by atoms with Gasteiger partial charge in [-0.05, 0) is 43.2 Å². The zero-order valence-electron chi connectivity index (χ0n) is 18.7. The lowest BCUT2D eigenvalue weighted by atomic mass is 10.0. The van der Waals surface area contributed by atoms with Crippen LogP contribution in [0.2, 0.25) is 5.02 Å². The zero-order valence-corrected chi connectivity index (χ0v) is 19.5. The van der Waals surface area contributed by atoms with Crippen LogP contribution in [0.4, 0.5) is 5.69 Å². The summed E-state index contributed by atoms with van der Waals surface area (Å²) < 4.78 is 1.43. The molecule has 1 fully saturated rings. The van der Waals surface area contributed by atoms with Crippen LogP contribution >= 0.6 is 11.6 Å². The number of aryl methyl sites for hydroxylation is 1. The van der Waals surface area contributed by atoms with E-state index in [2.05, 4.69) is 20.9 Å². The van der Waals surface area contributed by atoms with Crippen molar-refractivity contribution in [2.45, 2.75) is 38.9 Å². The molecule has 0 radical (unpaired) electrons. The van der Waals surface area contributed by atoms with E-state index in [0.29, 0.717) is 27.5 Å². The number of carbonyl (C=O) groups excluding carboxylic acids is 4. The fourth-order valence-corrected chi connectivity index (χ4v) is 4.58. The number of benzene rings is 2. The van der Waals surface area contributed by atoms with Crippen LogP contribution in [-0.4, -0.2) is 49.6 Å². The van der Waals surface area contributed by atoms with Gasteiger partial charge in [0.25, 0.3) is 5.91 Å². The van der Waals surface area contributed by atoms with E-state index in [1.54, 1.807) is 36.5 Å². The maximum Gasteiger partial charge on any atom is 0.255 e. The molecule has 2 aromatic carbocycles. The predicted octanol–water partition coefficient (Wildman–Crippen LogP) is 2.31. The number of halogens is 1. The molecule has 2 aliphatic rings. The van der Waals surface area contributed by atoms with Gasteiger partial charge in [0.15, 0.2) is 0 Å². The van der Waals surface area contributed by atoms with Crippen LogP contribution in [0.5, 0.6) is 0 Å². The lowest BCUT2D eigenvalue weighted by Crippen LogP contribution is -2.52. The number of piperidine rings is 1. The molecule has 1 saturated heterocycles. The largest absolute Gasteiger partial charge is 0.324 e. The highest BCUT2D eigenvalue weighted by Gasteiger charge is 2.39. The van der Waals surface area contributed by atoms with Gasteiger partial charge in [-0.15, -0.1) is 5.10 Å². The van der Waals surface area contributed by atoms with Crippen molar-refractivity contribution in [2.24, 2.45) is 0 Å². The van der Waals surface area contributed by atoms with Crippen LogP contribution in [-0.2, 0) is 27.5 Å². The second-order valence-electron chi connectivity index (χ2n) is 8.54. The van der Waals surface area contributed by atoms with Crippen LogP contribution in [0.3, 0.4) is 0 Å². The average molecular weight is 493 g/mol. The molecule has 1 unspecified atom stereocenters. The molecular weight excluding hydrogens is 472 g/mol. The Morgan fingerprint density at radius 2 is 2.03 bits per heavy atom. The SMILES string of the molecule is Cc1ccc(Cl)cc1-c1cn(CC(=O)Nc2cccc3c2CN(C2CCC(=O)NC2=O)C3=O)nn1. The Hall–Kier alpha value is -4.05. The number of aromatic nitrogens is 3. The van der Waals surface area contributed by atoms with Crippen molar-refractivity contribution in [2.75, 3.05) is 5.32 Å². The number of anilines is 1. The maximum absolute atomic E-state index is 13.0. The number of hydrogen-bond donors (Lipinski definition) is 2. The van der Waals surface area contributed by atoms with Gasteiger partial charge in [0.2, 0.25) is 17.7 Å². The first-order valence-corrected chi connectivity index (χ1v) is 11.4. The van der Waals surface area contributed by atoms with E-state index in [0.717, 1.165) is 11.1 Å². The summed E-state index contributed by atoms with van der Waals surface area (Å²) in [5.41, 5.74) is 3.95. The molecular formula is C24H21ClN6O4. The first-order chi connectivity index (χ1) is 16.8. The number of rotatable bonds is 5. The molecule has 1 aromatic heterocycles. The van der Waals surface area contributed by atoms with Gasteiger partial charge in [0, 0.05) is 40.4 Å². The van der Waals surface area contributed by atoms with E-state index in [1.165, 1.54) is 9.58 Å². The van der Waals surface area contributed by atoms with E-state index < -0.39 is 11.9 Å². The number of carbonyl (C=O) groups is 4. The molecule has 4 amide bonds. The third-order valence-corrected chi connectivity index (χ3v) is 6.41. The van der Waals surface area contributed by atoms with Gasteiger partial charge in [0.05, 0.1) is 6.20 Å². The Labute approximate surface area is 205 Å². The van der Waals surface area contributed by atoms with Crippen molar-refractivity contribution in [3.63, 3.8) is 0 Å². The van der Waals surface area contributed by atoms with E-state index in [9.17, 15) is 19.2 Å². The van der Waals surface area contributed by atoms with Gasteiger partial charge in [-0.2, -0.15) is 0 Å². The van der Waals surface area contributed by atoms with Crippen molar-refractivity contribution < 1.29 is 19.2 Å². The van der Waals surface area contributed by atoms with Gasteiger partial charge in [-0.3, -0.25) is 24.5 Å². The second-order valence-corrected chi connectivity index (χ2v) is 8.98. The molecule has 1 atom stereocenters. The molecule has 10 nitrogen and oxygen atoms in total. The predicted molar refractivity (Wildman–Crippen MR) is 126 cm³/mol. The minimum Gasteiger partial charge on any atom is -0.324 e. The third kappa shape index (κ3) is 4.40. The smallest absolute Gasteiger partial charge is 0.255 e. The lowest BCUT2D eigenvalue weighted by Gasteiger charge is -2.29. The molecule has 3 heterocycles. The second kappa shape index (κ2) is 8.95. The normalized spacial score (nSPS) is 17.4. The van der Waals surface area contributed by atoms with Crippen molar-refractivity contribution >= 4 is 40.9 Å². The van der Waals surface area contributed by atoms with Crippen molar-refractivity contribution in [1.29, 1.82) is 0 Å². The number of imide groups is 1. The van der Waals surface area contributed by atoms with Crippen LogP contribution < -0.4 is 10.6 Å². The fraction of sp³-hybridized carbons (Fsp3) is 0.250. The first-order valence-electron chi connectivity index (χ1n) is 11.0. The first kappa shape index (κ1) is 22.7. The topological polar surface area (TPSA) is 126 Å². The molecule has 2 aliphatic heterocycles. The standard InChI is InChI=1S/C24H21ClN6O4/c1-13-5-6-14(25)9-16(13)19-11-30(29-28-19)12-22(33)26-18-4-2-3-15-17(18)10-31(24(15)35)20-7-8-21(32)27-23(20)34/h2-6,9,11,20H,7-8,10,12H2,1H3,(H,26,33)(H,27,32,34). The highest BCUT2D eigenvalue weighted by Crippen LogP contribution is 2.32. The van der Waals surface area contributed by atoms with Crippen molar-refractivity contribution in [1.82, 2.24) is 25.2 Å². The molecule has 11 heteroatoms. The van der Waals surface area contributed by atoms with Gasteiger partial charge >= 0.3 is 0 Å². The zero-order chi connectivity index (χ0) is 24.7. The molecule has 35 heavy (non-hydrogen) atoms. The molecule has 5 rings (SSSR count). The van der Waals surface area contributed by atoms with E-state index in [1.807, 2.05) is 13.0 Å². The maximum atomic E-state index is 13.0. The van der Waals surface area contributed by atoms with Crippen LogP contribution in [0.15, 0.2) is 42.6 Å². The Morgan fingerprint density at radius 3 is 2.83 bits per heavy atom. The molecule has 3 aromatic rings. The summed E-state index contributed by atoms with van der Waals surface area (Å²) in [6, 6.07) is 9.80. The minimum absolute atomic E-state index is 0.0823. The number of fused-ring (bicyclic) bond motifs is 1. The third-order valence-electron chi connectivity index (χ3n) is 6.18. The van der Waals surface area contributed by atoms with E-state index in [-0.39, 0.29) is 43.7 Å². The molecule has 0 aliphatic carbocycles. The molecule has 0 spiro atoms. The fourth-order valence-electron chi connectivity index (χ4n) is 4.41. The van der Waals surface area contributed by atoms with Crippen molar-refractivity contribution in [3.05, 3.63) is 64.3 Å². The summed E-state index contributed by atoms with van der Waals surface area (Å²) >= 11 is 6.10. The Morgan fingerprint density at radius 1 is 1.20 bits per heavy atom. The summed E-state index contributed by atoms with van der Waals surface area (Å²) in [6.07, 6.45) is 2.11.